The normalized spacial score (nSPS) is 25.7. The Bertz CT molecular complexity index is 1280. The minimum Gasteiger partial charge on any atom is -0.473 e. The smallest absolute Gasteiger partial charge is 0.234 e. The van der Waals surface area contributed by atoms with Crippen LogP contribution in [-0.4, -0.2) is 45.9 Å². The van der Waals surface area contributed by atoms with E-state index in [4.69, 9.17) is 16.3 Å². The predicted molar refractivity (Wildman–Crippen MR) is 126 cm³/mol. The second-order valence-electron chi connectivity index (χ2n) is 9.56. The summed E-state index contributed by atoms with van der Waals surface area (Å²) in [5.41, 5.74) is 2.34. The average Bonchev–Trinajstić information content (AvgIpc) is 3.23. The van der Waals surface area contributed by atoms with Crippen LogP contribution in [0.3, 0.4) is 0 Å². The van der Waals surface area contributed by atoms with Gasteiger partial charge in [0.15, 0.2) is 0 Å². The van der Waals surface area contributed by atoms with Gasteiger partial charge in [0, 0.05) is 34.9 Å². The molecule has 7 nitrogen and oxygen atoms in total. The highest BCUT2D eigenvalue weighted by atomic mass is 35.5. The summed E-state index contributed by atoms with van der Waals surface area (Å²) >= 11 is 7.84. The van der Waals surface area contributed by atoms with Crippen molar-refractivity contribution in [3.05, 3.63) is 40.5 Å². The molecule has 3 fully saturated rings. The molecule has 3 aromatic heterocycles. The van der Waals surface area contributed by atoms with Crippen LogP contribution in [0.15, 0.2) is 30.6 Å². The van der Waals surface area contributed by atoms with E-state index in [2.05, 4.69) is 15.3 Å². The van der Waals surface area contributed by atoms with Crippen LogP contribution in [0.25, 0.3) is 21.3 Å². The Balaban J connectivity index is 1.34. The number of hydrogen-bond donors (Lipinski definition) is 1. The molecule has 9 heteroatoms. The number of carbonyl (C=O) groups excluding carboxylic acids is 2. The molecule has 0 spiro atoms. The fourth-order valence-electron chi connectivity index (χ4n) is 5.19. The highest BCUT2D eigenvalue weighted by molar-refractivity contribution is 7.19. The molecule has 0 radical (unpaired) electrons. The molecule has 2 aliphatic heterocycles. The molecule has 1 N–H and O–H groups in total. The fourth-order valence-corrected chi connectivity index (χ4v) is 6.48. The number of imide groups is 1. The van der Waals surface area contributed by atoms with E-state index in [1.807, 2.05) is 32.0 Å². The minimum absolute atomic E-state index is 0.0551. The van der Waals surface area contributed by atoms with Crippen LogP contribution in [0.5, 0.6) is 5.88 Å². The summed E-state index contributed by atoms with van der Waals surface area (Å²) < 4.78 is 7.15. The third-order valence-corrected chi connectivity index (χ3v) is 8.42. The Hall–Kier alpha value is -2.55. The van der Waals surface area contributed by atoms with Crippen LogP contribution in [0, 0.1) is 17.3 Å². The van der Waals surface area contributed by atoms with Crippen LogP contribution in [-0.2, 0) is 16.1 Å². The van der Waals surface area contributed by atoms with E-state index in [0.29, 0.717) is 10.9 Å². The molecule has 6 rings (SSSR count). The zero-order chi connectivity index (χ0) is 22.9. The molecule has 5 heterocycles. The molecule has 1 aliphatic carbocycles. The van der Waals surface area contributed by atoms with Gasteiger partial charge < -0.3 is 10.1 Å². The molecule has 3 aromatic rings. The van der Waals surface area contributed by atoms with Gasteiger partial charge in [0.2, 0.25) is 17.7 Å². The van der Waals surface area contributed by atoms with Crippen LogP contribution < -0.4 is 10.1 Å². The summed E-state index contributed by atoms with van der Waals surface area (Å²) in [6, 6.07) is 5.75. The van der Waals surface area contributed by atoms with E-state index in [1.54, 1.807) is 12.4 Å². The van der Waals surface area contributed by atoms with Gasteiger partial charge in [0.05, 0.1) is 33.6 Å². The lowest BCUT2D eigenvalue weighted by Crippen LogP contribution is -2.35. The first-order valence-electron chi connectivity index (χ1n) is 11.1. The number of thiophene rings is 1. The van der Waals surface area contributed by atoms with Gasteiger partial charge in [-0.3, -0.25) is 19.5 Å². The maximum Gasteiger partial charge on any atom is 0.234 e. The zero-order valence-corrected chi connectivity index (χ0v) is 19.9. The van der Waals surface area contributed by atoms with Gasteiger partial charge >= 0.3 is 0 Å². The molecular formula is C24H23ClN4O3S. The number of pyridine rings is 2. The number of fused-ring (bicyclic) bond motifs is 2. The number of likely N-dealkylation sites (tertiary alicyclic amines) is 1. The summed E-state index contributed by atoms with van der Waals surface area (Å²) in [5, 5.41) is 3.83. The third kappa shape index (κ3) is 3.34. The molecule has 3 atom stereocenters. The SMILES string of the molecule is CC1(C)C2C(=O)N(Cc3cc4nccc(-c5cc(Cl)cnc5O[C@H]5CCNC5)c4s3)C(=O)C21. The Morgan fingerprint density at radius 2 is 2.00 bits per heavy atom. The lowest BCUT2D eigenvalue weighted by Gasteiger charge is -2.19. The number of nitrogens with zero attached hydrogens (tertiary/aromatic N) is 3. The van der Waals surface area contributed by atoms with E-state index in [-0.39, 0.29) is 41.7 Å². The van der Waals surface area contributed by atoms with E-state index in [9.17, 15) is 9.59 Å². The number of carbonyl (C=O) groups is 2. The molecule has 0 bridgehead atoms. The minimum atomic E-state index is -0.204. The van der Waals surface area contributed by atoms with Gasteiger partial charge in [-0.1, -0.05) is 25.4 Å². The van der Waals surface area contributed by atoms with E-state index in [1.165, 1.54) is 16.2 Å². The molecule has 170 valence electrons. The second kappa shape index (κ2) is 7.48. The zero-order valence-electron chi connectivity index (χ0n) is 18.3. The first kappa shape index (κ1) is 21.0. The van der Waals surface area contributed by atoms with Gasteiger partial charge in [-0.25, -0.2) is 4.98 Å². The number of ether oxygens (including phenoxy) is 1. The number of rotatable bonds is 5. The summed E-state index contributed by atoms with van der Waals surface area (Å²) in [7, 11) is 0. The Kier molecular flexibility index (Phi) is 4.76. The molecule has 3 aliphatic rings. The number of aromatic nitrogens is 2. The predicted octanol–water partition coefficient (Wildman–Crippen LogP) is 3.89. The number of nitrogens with one attached hydrogen (secondary N) is 1. The maximum absolute atomic E-state index is 12.8. The topological polar surface area (TPSA) is 84.4 Å². The Labute approximate surface area is 200 Å². The van der Waals surface area contributed by atoms with Crippen LogP contribution in [0.2, 0.25) is 5.02 Å². The molecule has 2 saturated heterocycles. The lowest BCUT2D eigenvalue weighted by atomic mass is 10.1. The number of hydrogen-bond acceptors (Lipinski definition) is 7. The molecule has 2 unspecified atom stereocenters. The summed E-state index contributed by atoms with van der Waals surface area (Å²) in [6.45, 7) is 5.98. The highest BCUT2D eigenvalue weighted by Gasteiger charge is 2.72. The molecule has 1 saturated carbocycles. The molecule has 0 aromatic carbocycles. The van der Waals surface area contributed by atoms with Crippen molar-refractivity contribution in [1.82, 2.24) is 20.2 Å². The Morgan fingerprint density at radius 3 is 2.73 bits per heavy atom. The third-order valence-electron chi connectivity index (χ3n) is 7.07. The van der Waals surface area contributed by atoms with Crippen molar-refractivity contribution in [2.45, 2.75) is 32.9 Å². The fraction of sp³-hybridized carbons (Fsp3) is 0.417. The monoisotopic (exact) mass is 482 g/mol. The summed E-state index contributed by atoms with van der Waals surface area (Å²) in [5.74, 6) is 0.0922. The van der Waals surface area contributed by atoms with Crippen molar-refractivity contribution in [3.8, 4) is 17.0 Å². The van der Waals surface area contributed by atoms with Crippen molar-refractivity contribution < 1.29 is 14.3 Å². The Morgan fingerprint density at radius 1 is 1.21 bits per heavy atom. The summed E-state index contributed by atoms with van der Waals surface area (Å²) in [6.07, 6.45) is 4.34. The number of piperidine rings is 1. The standard InChI is InChI=1S/C24H23ClN4O3S/c1-24(2)18-19(24)23(31)29(22(18)30)11-14-8-17-20(33-14)15(4-6-27-17)16-7-12(25)9-28-21(16)32-13-3-5-26-10-13/h4,6-9,13,18-19,26H,3,5,10-11H2,1-2H3/t13-,18?,19?/m0/s1. The van der Waals surface area contributed by atoms with E-state index in [0.717, 1.165) is 45.7 Å². The largest absolute Gasteiger partial charge is 0.473 e. The maximum atomic E-state index is 12.8. The molecule has 2 amide bonds. The highest BCUT2D eigenvalue weighted by Crippen LogP contribution is 2.63. The van der Waals surface area contributed by atoms with Crippen molar-refractivity contribution in [2.24, 2.45) is 17.3 Å². The van der Waals surface area contributed by atoms with Crippen LogP contribution >= 0.6 is 22.9 Å². The van der Waals surface area contributed by atoms with Gasteiger partial charge in [-0.15, -0.1) is 11.3 Å². The van der Waals surface area contributed by atoms with Gasteiger partial charge in [0.25, 0.3) is 0 Å². The van der Waals surface area contributed by atoms with Crippen molar-refractivity contribution in [3.63, 3.8) is 0 Å². The number of halogens is 1. The lowest BCUT2D eigenvalue weighted by molar-refractivity contribution is -0.143. The quantitative estimate of drug-likeness (QED) is 0.555. The first-order valence-corrected chi connectivity index (χ1v) is 12.3. The van der Waals surface area contributed by atoms with Crippen LogP contribution in [0.1, 0.15) is 25.1 Å². The molecule has 33 heavy (non-hydrogen) atoms. The van der Waals surface area contributed by atoms with Gasteiger partial charge in [-0.05, 0) is 36.6 Å². The van der Waals surface area contributed by atoms with Crippen molar-refractivity contribution >= 4 is 45.0 Å². The number of amides is 2. The van der Waals surface area contributed by atoms with E-state index >= 15 is 0 Å². The second-order valence-corrected chi connectivity index (χ2v) is 11.1. The molecular weight excluding hydrogens is 460 g/mol. The van der Waals surface area contributed by atoms with Crippen molar-refractivity contribution in [2.75, 3.05) is 13.1 Å². The van der Waals surface area contributed by atoms with Crippen LogP contribution in [0.4, 0.5) is 0 Å². The van der Waals surface area contributed by atoms with E-state index < -0.39 is 0 Å². The first-order chi connectivity index (χ1) is 15.8. The average molecular weight is 483 g/mol. The van der Waals surface area contributed by atoms with Gasteiger partial charge in [0.1, 0.15) is 6.10 Å². The van der Waals surface area contributed by atoms with Gasteiger partial charge in [-0.2, -0.15) is 0 Å². The van der Waals surface area contributed by atoms with Crippen molar-refractivity contribution in [1.29, 1.82) is 0 Å². The summed E-state index contributed by atoms with van der Waals surface area (Å²) in [4.78, 5) is 36.9.